The third-order valence-corrected chi connectivity index (χ3v) is 2.78. The number of hydrogen-bond acceptors (Lipinski definition) is 3. The topological polar surface area (TPSA) is 41.6 Å². The van der Waals surface area contributed by atoms with Crippen LogP contribution in [0.2, 0.25) is 0 Å². The zero-order valence-electron chi connectivity index (χ0n) is 11.7. The van der Waals surface area contributed by atoms with Crippen LogP contribution < -0.4 is 10.1 Å². The average molecular weight is 262 g/mol. The average Bonchev–Trinajstić information content (AvgIpc) is 2.45. The highest BCUT2D eigenvalue weighted by molar-refractivity contribution is 5.80. The number of benzene rings is 1. The quantitative estimate of drug-likeness (QED) is 0.732. The molecule has 1 N–H and O–H groups in total. The first-order chi connectivity index (χ1) is 9.21. The minimum absolute atomic E-state index is 0.108. The lowest BCUT2D eigenvalue weighted by Gasteiger charge is -2.19. The third-order valence-electron chi connectivity index (χ3n) is 2.78. The summed E-state index contributed by atoms with van der Waals surface area (Å²) in [5, 5.41) is 3.11. The zero-order valence-corrected chi connectivity index (χ0v) is 11.7. The predicted molar refractivity (Wildman–Crippen MR) is 78.6 cm³/mol. The van der Waals surface area contributed by atoms with E-state index in [1.54, 1.807) is 11.0 Å². The fraction of sp³-hybridized carbons (Fsp3) is 0.400. The van der Waals surface area contributed by atoms with Crippen molar-refractivity contribution in [2.45, 2.75) is 13.8 Å². The maximum absolute atomic E-state index is 11.8. The summed E-state index contributed by atoms with van der Waals surface area (Å²) >= 11 is 0. The molecular formula is C15H22N2O2. The first-order valence-electron chi connectivity index (χ1n) is 6.56. The summed E-state index contributed by atoms with van der Waals surface area (Å²) in [5.41, 5.74) is 0.909. The number of nitrogens with zero attached hydrogens (tertiary/aromatic N) is 1. The Labute approximate surface area is 115 Å². The van der Waals surface area contributed by atoms with Crippen LogP contribution in [0.25, 0.3) is 0 Å². The van der Waals surface area contributed by atoms with Crippen LogP contribution in [0.3, 0.4) is 0 Å². The molecular weight excluding hydrogens is 240 g/mol. The summed E-state index contributed by atoms with van der Waals surface area (Å²) < 4.78 is 5.39. The number of hydrogen-bond donors (Lipinski definition) is 1. The highest BCUT2D eigenvalue weighted by atomic mass is 16.5. The molecule has 104 valence electrons. The molecule has 0 spiro atoms. The van der Waals surface area contributed by atoms with Gasteiger partial charge in [-0.3, -0.25) is 4.79 Å². The molecule has 0 saturated carbocycles. The van der Waals surface area contributed by atoms with Crippen molar-refractivity contribution in [1.29, 1.82) is 0 Å². The van der Waals surface area contributed by atoms with Gasteiger partial charge >= 0.3 is 0 Å². The Balaban J connectivity index is 2.45. The second-order valence-electron chi connectivity index (χ2n) is 4.04. The van der Waals surface area contributed by atoms with Gasteiger partial charge in [0.25, 0.3) is 0 Å². The Morgan fingerprint density at radius 3 is 2.47 bits per heavy atom. The zero-order chi connectivity index (χ0) is 14.1. The molecule has 0 unspecified atom stereocenters. The molecule has 1 rings (SSSR count). The molecule has 4 heteroatoms. The van der Waals surface area contributed by atoms with Crippen molar-refractivity contribution in [3.63, 3.8) is 0 Å². The van der Waals surface area contributed by atoms with Gasteiger partial charge in [0.05, 0.1) is 6.54 Å². The first kappa shape index (κ1) is 15.1. The monoisotopic (exact) mass is 262 g/mol. The van der Waals surface area contributed by atoms with Crippen molar-refractivity contribution in [1.82, 2.24) is 4.90 Å². The maximum Gasteiger partial charge on any atom is 0.241 e. The Morgan fingerprint density at radius 2 is 1.95 bits per heavy atom. The minimum Gasteiger partial charge on any atom is -0.490 e. The lowest BCUT2D eigenvalue weighted by atomic mass is 10.3. The van der Waals surface area contributed by atoms with Crippen molar-refractivity contribution in [2.24, 2.45) is 0 Å². The van der Waals surface area contributed by atoms with Crippen LogP contribution in [0.1, 0.15) is 13.8 Å². The predicted octanol–water partition coefficient (Wildman–Crippen LogP) is 2.53. The van der Waals surface area contributed by atoms with Crippen LogP contribution in [0, 0.1) is 0 Å². The number of likely N-dealkylation sites (N-methyl/N-ethyl adjacent to an activating group) is 1. The highest BCUT2D eigenvalue weighted by Crippen LogP contribution is 2.15. The summed E-state index contributed by atoms with van der Waals surface area (Å²) in [6, 6.07) is 7.53. The van der Waals surface area contributed by atoms with E-state index in [9.17, 15) is 4.79 Å². The lowest BCUT2D eigenvalue weighted by molar-refractivity contribution is -0.128. The van der Waals surface area contributed by atoms with Crippen molar-refractivity contribution >= 4 is 11.6 Å². The molecule has 1 aromatic carbocycles. The molecule has 0 aliphatic rings. The fourth-order valence-electron chi connectivity index (χ4n) is 1.69. The van der Waals surface area contributed by atoms with Gasteiger partial charge in [-0.25, -0.2) is 0 Å². The van der Waals surface area contributed by atoms with Crippen molar-refractivity contribution < 1.29 is 9.53 Å². The fourth-order valence-corrected chi connectivity index (χ4v) is 1.69. The van der Waals surface area contributed by atoms with Crippen LogP contribution in [-0.2, 0) is 4.79 Å². The van der Waals surface area contributed by atoms with Crippen molar-refractivity contribution in [3.05, 3.63) is 36.9 Å². The van der Waals surface area contributed by atoms with E-state index in [-0.39, 0.29) is 5.91 Å². The van der Waals surface area contributed by atoms with Gasteiger partial charge < -0.3 is 15.0 Å². The molecule has 0 aliphatic carbocycles. The smallest absolute Gasteiger partial charge is 0.241 e. The molecule has 0 atom stereocenters. The van der Waals surface area contributed by atoms with E-state index in [0.29, 0.717) is 13.2 Å². The maximum atomic E-state index is 11.8. The molecule has 4 nitrogen and oxygen atoms in total. The van der Waals surface area contributed by atoms with Crippen LogP contribution >= 0.6 is 0 Å². The van der Waals surface area contributed by atoms with Crippen molar-refractivity contribution in [3.8, 4) is 5.75 Å². The second-order valence-corrected chi connectivity index (χ2v) is 4.04. The molecule has 1 amide bonds. The van der Waals surface area contributed by atoms with Crippen LogP contribution in [-0.4, -0.2) is 37.0 Å². The van der Waals surface area contributed by atoms with Gasteiger partial charge in [-0.15, -0.1) is 0 Å². The molecule has 0 heterocycles. The van der Waals surface area contributed by atoms with Gasteiger partial charge in [0.1, 0.15) is 12.4 Å². The number of rotatable bonds is 8. The van der Waals surface area contributed by atoms with E-state index in [1.165, 1.54) is 0 Å². The SMILES string of the molecule is C=CCOc1ccc(NCC(=O)N(CC)CC)cc1. The van der Waals surface area contributed by atoms with E-state index in [4.69, 9.17) is 4.74 Å². The van der Waals surface area contributed by atoms with Crippen LogP contribution in [0.4, 0.5) is 5.69 Å². The van der Waals surface area contributed by atoms with E-state index in [1.807, 2.05) is 38.1 Å². The van der Waals surface area contributed by atoms with E-state index < -0.39 is 0 Å². The number of nitrogens with one attached hydrogen (secondary N) is 1. The number of anilines is 1. The van der Waals surface area contributed by atoms with Crippen molar-refractivity contribution in [2.75, 3.05) is 31.6 Å². The largest absolute Gasteiger partial charge is 0.490 e. The number of ether oxygens (including phenoxy) is 1. The normalized spacial score (nSPS) is 9.79. The lowest BCUT2D eigenvalue weighted by Crippen LogP contribution is -2.35. The number of carbonyl (C=O) groups is 1. The molecule has 1 aromatic rings. The van der Waals surface area contributed by atoms with E-state index >= 15 is 0 Å². The summed E-state index contributed by atoms with van der Waals surface area (Å²) in [4.78, 5) is 13.6. The van der Waals surface area contributed by atoms with Gasteiger partial charge in [-0.05, 0) is 38.1 Å². The van der Waals surface area contributed by atoms with Gasteiger partial charge in [-0.1, -0.05) is 12.7 Å². The van der Waals surface area contributed by atoms with Gasteiger partial charge in [-0.2, -0.15) is 0 Å². The van der Waals surface area contributed by atoms with Gasteiger partial charge in [0.15, 0.2) is 0 Å². The molecule has 0 aliphatic heterocycles. The van der Waals surface area contributed by atoms with E-state index in [2.05, 4.69) is 11.9 Å². The Bertz CT molecular complexity index is 397. The summed E-state index contributed by atoms with van der Waals surface area (Å²) in [6.45, 7) is 9.84. The van der Waals surface area contributed by atoms with Crippen LogP contribution in [0.5, 0.6) is 5.75 Å². The Kier molecular flexibility index (Phi) is 6.50. The number of carbonyl (C=O) groups excluding carboxylic acids is 1. The Morgan fingerprint density at radius 1 is 1.32 bits per heavy atom. The van der Waals surface area contributed by atoms with Gasteiger partial charge in [0.2, 0.25) is 5.91 Å². The minimum atomic E-state index is 0.108. The molecule has 0 aromatic heterocycles. The summed E-state index contributed by atoms with van der Waals surface area (Å²) in [5.74, 6) is 0.900. The first-order valence-corrected chi connectivity index (χ1v) is 6.56. The summed E-state index contributed by atoms with van der Waals surface area (Å²) in [6.07, 6.45) is 1.70. The standard InChI is InChI=1S/C15H22N2O2/c1-4-11-19-14-9-7-13(8-10-14)16-12-15(18)17(5-2)6-3/h4,7-10,16H,1,5-6,11-12H2,2-3H3. The Hall–Kier alpha value is -1.97. The van der Waals surface area contributed by atoms with Crippen LogP contribution in [0.15, 0.2) is 36.9 Å². The molecule has 0 bridgehead atoms. The molecule has 0 radical (unpaired) electrons. The molecule has 19 heavy (non-hydrogen) atoms. The highest BCUT2D eigenvalue weighted by Gasteiger charge is 2.08. The number of amides is 1. The molecule has 0 fully saturated rings. The van der Waals surface area contributed by atoms with E-state index in [0.717, 1.165) is 24.5 Å². The third kappa shape index (κ3) is 5.04. The summed E-state index contributed by atoms with van der Waals surface area (Å²) in [7, 11) is 0. The second kappa shape index (κ2) is 8.19. The molecule has 0 saturated heterocycles. The van der Waals surface area contributed by atoms with Gasteiger partial charge in [0, 0.05) is 18.8 Å².